The summed E-state index contributed by atoms with van der Waals surface area (Å²) >= 11 is 0. The first-order chi connectivity index (χ1) is 7.31. The van der Waals surface area contributed by atoms with Gasteiger partial charge in [0.25, 0.3) is 10.0 Å². The van der Waals surface area contributed by atoms with Gasteiger partial charge in [0.2, 0.25) is 0 Å². The van der Waals surface area contributed by atoms with Crippen LogP contribution in [-0.4, -0.2) is 45.6 Å². The normalized spacial score (nSPS) is 12.8. The molecule has 0 aliphatic heterocycles. The molecule has 1 rings (SSSR count). The van der Waals surface area contributed by atoms with Crippen LogP contribution in [0.5, 0.6) is 0 Å². The highest BCUT2D eigenvalue weighted by Crippen LogP contribution is 2.01. The lowest BCUT2D eigenvalue weighted by molar-refractivity contribution is 0.573. The van der Waals surface area contributed by atoms with E-state index in [-0.39, 0.29) is 23.7 Å². The first-order valence-electron chi connectivity index (χ1n) is 4.48. The van der Waals surface area contributed by atoms with E-state index in [1.165, 1.54) is 12.3 Å². The molecule has 0 fully saturated rings. The van der Waals surface area contributed by atoms with Crippen LogP contribution in [0.2, 0.25) is 0 Å². The molecule has 0 atom stereocenters. The topological polar surface area (TPSA) is 109 Å². The van der Waals surface area contributed by atoms with Crippen LogP contribution in [0.15, 0.2) is 17.3 Å². The molecule has 1 aromatic rings. The molecule has 16 heavy (non-hydrogen) atoms. The summed E-state index contributed by atoms with van der Waals surface area (Å²) in [5.74, 6) is -0.0432. The summed E-state index contributed by atoms with van der Waals surface area (Å²) in [6.45, 7) is 0.0778. The Morgan fingerprint density at radius 2 is 2.06 bits per heavy atom. The van der Waals surface area contributed by atoms with E-state index in [2.05, 4.69) is 14.9 Å². The summed E-state index contributed by atoms with van der Waals surface area (Å²) in [6, 6.07) is 1.32. The zero-order valence-electron chi connectivity index (χ0n) is 8.67. The number of nitrogens with zero attached hydrogens (tertiary/aromatic N) is 1. The number of rotatable bonds is 6. The number of H-pyrrole nitrogens is 1. The van der Waals surface area contributed by atoms with Crippen molar-refractivity contribution >= 4 is 19.9 Å². The Morgan fingerprint density at radius 3 is 2.56 bits per heavy atom. The molecular weight excluding hydrogens is 254 g/mol. The fourth-order valence-corrected chi connectivity index (χ4v) is 2.66. The molecule has 0 radical (unpaired) electrons. The van der Waals surface area contributed by atoms with Gasteiger partial charge < -0.3 is 0 Å². The maximum atomic E-state index is 11.5. The fraction of sp³-hybridized carbons (Fsp3) is 0.571. The second-order valence-corrected chi connectivity index (χ2v) is 7.30. The smallest absolute Gasteiger partial charge is 0.257 e. The molecule has 0 bridgehead atoms. The van der Waals surface area contributed by atoms with E-state index in [1.54, 1.807) is 0 Å². The molecule has 1 aromatic heterocycles. The SMILES string of the molecule is CS(=O)(=O)CCCNS(=O)(=O)c1ccn[nH]1. The van der Waals surface area contributed by atoms with Crippen LogP contribution in [0, 0.1) is 0 Å². The highest BCUT2D eigenvalue weighted by atomic mass is 32.2. The van der Waals surface area contributed by atoms with Gasteiger partial charge in [0, 0.05) is 12.8 Å². The lowest BCUT2D eigenvalue weighted by atomic mass is 10.5. The van der Waals surface area contributed by atoms with Gasteiger partial charge >= 0.3 is 0 Å². The molecule has 0 aliphatic carbocycles. The number of hydrogen-bond donors (Lipinski definition) is 2. The average Bonchev–Trinajstić information content (AvgIpc) is 2.64. The largest absolute Gasteiger partial charge is 0.266 e. The lowest BCUT2D eigenvalue weighted by Crippen LogP contribution is -2.26. The molecule has 92 valence electrons. The van der Waals surface area contributed by atoms with Gasteiger partial charge in [-0.05, 0) is 12.5 Å². The van der Waals surface area contributed by atoms with Gasteiger partial charge in [0.05, 0.1) is 11.9 Å². The van der Waals surface area contributed by atoms with Gasteiger partial charge in [-0.3, -0.25) is 5.10 Å². The Morgan fingerprint density at radius 1 is 1.38 bits per heavy atom. The molecule has 0 unspecified atom stereocenters. The van der Waals surface area contributed by atoms with Gasteiger partial charge in [-0.2, -0.15) is 5.10 Å². The van der Waals surface area contributed by atoms with Crippen LogP contribution >= 0.6 is 0 Å². The van der Waals surface area contributed by atoms with Crippen LogP contribution in [-0.2, 0) is 19.9 Å². The molecule has 0 saturated heterocycles. The van der Waals surface area contributed by atoms with E-state index in [0.29, 0.717) is 0 Å². The summed E-state index contributed by atoms with van der Waals surface area (Å²) in [7, 11) is -6.65. The molecule has 0 spiro atoms. The Labute approximate surface area is 94.2 Å². The zero-order chi connectivity index (χ0) is 12.2. The molecule has 9 heteroatoms. The second-order valence-electron chi connectivity index (χ2n) is 3.30. The fourth-order valence-electron chi connectivity index (χ4n) is 1.01. The van der Waals surface area contributed by atoms with Crippen LogP contribution in [0.4, 0.5) is 0 Å². The number of nitrogens with one attached hydrogen (secondary N) is 2. The predicted molar refractivity (Wildman–Crippen MR) is 58.1 cm³/mol. The third-order valence-corrected chi connectivity index (χ3v) is 4.17. The van der Waals surface area contributed by atoms with Crippen molar-refractivity contribution in [3.05, 3.63) is 12.3 Å². The number of aromatic amines is 1. The zero-order valence-corrected chi connectivity index (χ0v) is 10.3. The van der Waals surface area contributed by atoms with E-state index >= 15 is 0 Å². The summed E-state index contributed by atoms with van der Waals surface area (Å²) < 4.78 is 46.8. The van der Waals surface area contributed by atoms with E-state index in [0.717, 1.165) is 6.26 Å². The molecule has 0 saturated carbocycles. The molecular formula is C7H13N3O4S2. The second kappa shape index (κ2) is 4.93. The third kappa shape index (κ3) is 4.29. The minimum absolute atomic E-state index is 0.0353. The van der Waals surface area contributed by atoms with Crippen LogP contribution in [0.25, 0.3) is 0 Å². The Balaban J connectivity index is 2.45. The summed E-state index contributed by atoms with van der Waals surface area (Å²) in [5.41, 5.74) is 0. The third-order valence-electron chi connectivity index (χ3n) is 1.75. The highest BCUT2D eigenvalue weighted by Gasteiger charge is 2.14. The molecule has 0 aromatic carbocycles. The number of hydrogen-bond acceptors (Lipinski definition) is 5. The van der Waals surface area contributed by atoms with Crippen molar-refractivity contribution in [3.63, 3.8) is 0 Å². The molecule has 0 amide bonds. The van der Waals surface area contributed by atoms with Gasteiger partial charge in [-0.15, -0.1) is 0 Å². The van der Waals surface area contributed by atoms with Crippen LogP contribution in [0.3, 0.4) is 0 Å². The van der Waals surface area contributed by atoms with Gasteiger partial charge in [-0.25, -0.2) is 21.6 Å². The molecule has 1 heterocycles. The van der Waals surface area contributed by atoms with Crippen molar-refractivity contribution in [2.24, 2.45) is 0 Å². The van der Waals surface area contributed by atoms with Gasteiger partial charge in [-0.1, -0.05) is 0 Å². The van der Waals surface area contributed by atoms with Crippen molar-refractivity contribution in [1.82, 2.24) is 14.9 Å². The highest BCUT2D eigenvalue weighted by molar-refractivity contribution is 7.90. The van der Waals surface area contributed by atoms with Crippen molar-refractivity contribution in [1.29, 1.82) is 0 Å². The standard InChI is InChI=1S/C7H13N3O4S2/c1-15(11,12)6-2-4-9-16(13,14)7-3-5-8-10-7/h3,5,9H,2,4,6H2,1H3,(H,8,10). The van der Waals surface area contributed by atoms with E-state index in [1.807, 2.05) is 0 Å². The minimum atomic E-state index is -3.60. The minimum Gasteiger partial charge on any atom is -0.266 e. The number of aromatic nitrogens is 2. The number of sulfone groups is 1. The van der Waals surface area contributed by atoms with Crippen molar-refractivity contribution in [2.75, 3.05) is 18.6 Å². The summed E-state index contributed by atoms with van der Waals surface area (Å²) in [5, 5.41) is 5.80. The van der Waals surface area contributed by atoms with Gasteiger partial charge in [0.15, 0.2) is 5.03 Å². The van der Waals surface area contributed by atoms with Gasteiger partial charge in [0.1, 0.15) is 9.84 Å². The molecule has 2 N–H and O–H groups in total. The lowest BCUT2D eigenvalue weighted by Gasteiger charge is -2.03. The summed E-state index contributed by atoms with van der Waals surface area (Å²) in [4.78, 5) is 0. The molecule has 7 nitrogen and oxygen atoms in total. The van der Waals surface area contributed by atoms with Crippen LogP contribution in [0.1, 0.15) is 6.42 Å². The van der Waals surface area contributed by atoms with E-state index in [9.17, 15) is 16.8 Å². The number of sulfonamides is 1. The monoisotopic (exact) mass is 267 g/mol. The Hall–Kier alpha value is -0.930. The van der Waals surface area contributed by atoms with E-state index in [4.69, 9.17) is 0 Å². The van der Waals surface area contributed by atoms with Crippen molar-refractivity contribution in [3.8, 4) is 0 Å². The predicted octanol–water partition coefficient (Wildman–Crippen LogP) is -0.877. The van der Waals surface area contributed by atoms with Crippen molar-refractivity contribution < 1.29 is 16.8 Å². The molecule has 0 aliphatic rings. The Bertz CT molecular complexity index is 518. The maximum absolute atomic E-state index is 11.5. The first kappa shape index (κ1) is 13.1. The van der Waals surface area contributed by atoms with Crippen LogP contribution < -0.4 is 4.72 Å². The maximum Gasteiger partial charge on any atom is 0.257 e. The average molecular weight is 267 g/mol. The van der Waals surface area contributed by atoms with Crippen molar-refractivity contribution in [2.45, 2.75) is 11.4 Å². The van der Waals surface area contributed by atoms with E-state index < -0.39 is 19.9 Å². The first-order valence-corrected chi connectivity index (χ1v) is 8.02. The quantitative estimate of drug-likeness (QED) is 0.651. The Kier molecular flexibility index (Phi) is 4.05. The summed E-state index contributed by atoms with van der Waals surface area (Å²) in [6.07, 6.45) is 2.67.